The fraction of sp³-hybridized carbons (Fsp3) is 0.370. The highest BCUT2D eigenvalue weighted by Crippen LogP contribution is 2.42. The van der Waals surface area contributed by atoms with Crippen molar-refractivity contribution in [3.63, 3.8) is 0 Å². The topological polar surface area (TPSA) is 215 Å². The highest BCUT2D eigenvalue weighted by Gasteiger charge is 2.53. The maximum atomic E-state index is 14.4. The number of hydrogen-bond donors (Lipinski definition) is 3. The first-order valence-electron chi connectivity index (χ1n) is 24.4. The Morgan fingerprint density at radius 2 is 1.65 bits per heavy atom. The third-order valence-corrected chi connectivity index (χ3v) is 15.0. The van der Waals surface area contributed by atoms with E-state index in [1.54, 1.807) is 61.5 Å². The minimum atomic E-state index is -4.12. The van der Waals surface area contributed by atoms with Crippen LogP contribution in [0.25, 0.3) is 5.52 Å². The number of aromatic nitrogens is 2. The molecular weight excluding hydrogens is 997 g/mol. The third-order valence-electron chi connectivity index (χ3n) is 13.1. The molecule has 75 heavy (non-hydrogen) atoms. The lowest BCUT2D eigenvalue weighted by molar-refractivity contribution is -0.181. The Balaban J connectivity index is 0.974. The zero-order chi connectivity index (χ0) is 53.4. The van der Waals surface area contributed by atoms with Gasteiger partial charge in [0.1, 0.15) is 48.0 Å². The Morgan fingerprint density at radius 3 is 2.36 bits per heavy atom. The molecule has 18 nitrogen and oxygen atoms in total. The highest BCUT2D eigenvalue weighted by atomic mass is 32.2. The van der Waals surface area contributed by atoms with Crippen molar-refractivity contribution in [3.05, 3.63) is 170 Å². The lowest BCUT2D eigenvalue weighted by Crippen LogP contribution is -2.51. The molecule has 2 saturated heterocycles. The summed E-state index contributed by atoms with van der Waals surface area (Å²) in [5.41, 5.74) is -0.698. The van der Waals surface area contributed by atoms with Crippen LogP contribution in [0.1, 0.15) is 54.2 Å². The van der Waals surface area contributed by atoms with Crippen molar-refractivity contribution in [3.8, 4) is 17.2 Å². The molecule has 5 atom stereocenters. The van der Waals surface area contributed by atoms with Crippen molar-refractivity contribution >= 4 is 27.5 Å². The molecule has 2 aromatic heterocycles. The molecule has 2 amide bonds. The van der Waals surface area contributed by atoms with E-state index in [9.17, 15) is 41.5 Å². The zero-order valence-corrected chi connectivity index (χ0v) is 42.6. The second kappa shape index (κ2) is 23.6. The van der Waals surface area contributed by atoms with E-state index in [1.807, 2.05) is 13.8 Å². The summed E-state index contributed by atoms with van der Waals surface area (Å²) in [5, 5.41) is 17.2. The molecule has 21 heteroatoms. The fourth-order valence-corrected chi connectivity index (χ4v) is 10.7. The van der Waals surface area contributed by atoms with E-state index in [1.165, 1.54) is 69.3 Å². The van der Waals surface area contributed by atoms with Crippen molar-refractivity contribution in [2.45, 2.75) is 82.2 Å². The second-order valence-corrected chi connectivity index (χ2v) is 20.8. The molecule has 0 radical (unpaired) electrons. The van der Waals surface area contributed by atoms with Gasteiger partial charge >= 0.3 is 6.09 Å². The normalized spacial score (nSPS) is 18.1. The summed E-state index contributed by atoms with van der Waals surface area (Å²) in [6.45, 7) is 5.35. The molecule has 2 aliphatic heterocycles. The number of aliphatic hydroxyl groups is 1. The SMILES string of the molecule is COc1ccc(S(=O)(=O)N(CC(C)C)C[C@@H](O)[C@H](Cc2ccc(OCCn3ccn4cc(C(=O)NCc5ccc(F)cc5F)c(=O)c(OCc5ccccc5)c4c3=O)cc2)NC(=O)O[C@H]2CO[C@@]3(C)OCC[C@@H]23)cc1. The van der Waals surface area contributed by atoms with Crippen molar-refractivity contribution in [2.24, 2.45) is 11.8 Å². The Labute approximate surface area is 431 Å². The van der Waals surface area contributed by atoms with Crippen LogP contribution in [0.3, 0.4) is 0 Å². The van der Waals surface area contributed by atoms with Crippen LogP contribution in [0.5, 0.6) is 17.2 Å². The quantitative estimate of drug-likeness (QED) is 0.0731. The van der Waals surface area contributed by atoms with Crippen LogP contribution >= 0.6 is 0 Å². The molecule has 0 aliphatic carbocycles. The number of benzene rings is 4. The van der Waals surface area contributed by atoms with Gasteiger partial charge in [-0.3, -0.25) is 14.4 Å². The van der Waals surface area contributed by atoms with Gasteiger partial charge < -0.3 is 53.1 Å². The van der Waals surface area contributed by atoms with Gasteiger partial charge in [0.25, 0.3) is 11.5 Å². The van der Waals surface area contributed by atoms with Gasteiger partial charge in [-0.2, -0.15) is 4.31 Å². The molecule has 6 aromatic rings. The summed E-state index contributed by atoms with van der Waals surface area (Å²) in [4.78, 5) is 55.0. The molecular formula is C54H59F2N5O13S. The smallest absolute Gasteiger partial charge is 0.407 e. The van der Waals surface area contributed by atoms with E-state index in [4.69, 9.17) is 28.4 Å². The standard InChI is InChI=1S/C54H59F2N5O13S/c1-34(2)29-61(75(67,68)41-18-16-39(69-4)17-19-41)31-46(62)45(58-53(66)74-47-33-73-54(3)43(47)20-24-72-54)26-35-10-14-40(15-11-35)70-25-23-59-21-22-60-30-42(51(64)57-28-37-12-13-38(55)27-44(37)56)49(63)50(48(60)52(59)65)71-32-36-8-6-5-7-9-36/h5-19,21-22,27,30,34,43,45-47,62H,20,23-26,28-29,31-33H2,1-4H3,(H,57,64)(H,58,66)/t43-,45-,46+,47-,54+/m0/s1. The number of nitrogens with zero attached hydrogens (tertiary/aromatic N) is 3. The number of fused-ring (bicyclic) bond motifs is 2. The predicted molar refractivity (Wildman–Crippen MR) is 270 cm³/mol. The Morgan fingerprint density at radius 1 is 0.920 bits per heavy atom. The molecule has 0 spiro atoms. The average Bonchev–Trinajstić information content (AvgIpc) is 3.93. The Kier molecular flexibility index (Phi) is 17.0. The number of alkyl carbamates (subject to hydrolysis) is 1. The number of nitrogens with one attached hydrogen (secondary N) is 2. The molecule has 0 bridgehead atoms. The first kappa shape index (κ1) is 54.1. The average molecular weight is 1060 g/mol. The molecule has 4 aromatic carbocycles. The van der Waals surface area contributed by atoms with Crippen molar-refractivity contribution < 1.29 is 60.3 Å². The second-order valence-electron chi connectivity index (χ2n) is 18.9. The van der Waals surface area contributed by atoms with Crippen LogP contribution in [0.15, 0.2) is 130 Å². The highest BCUT2D eigenvalue weighted by molar-refractivity contribution is 7.89. The molecule has 0 unspecified atom stereocenters. The maximum absolute atomic E-state index is 14.4. The minimum Gasteiger partial charge on any atom is -0.497 e. The van der Waals surface area contributed by atoms with Crippen LogP contribution in [0.2, 0.25) is 0 Å². The number of halogens is 2. The van der Waals surface area contributed by atoms with Crippen molar-refractivity contribution in [1.82, 2.24) is 23.9 Å². The monoisotopic (exact) mass is 1060 g/mol. The van der Waals surface area contributed by atoms with E-state index in [-0.39, 0.29) is 91.5 Å². The number of rotatable bonds is 22. The molecule has 8 rings (SSSR count). The van der Waals surface area contributed by atoms with Crippen molar-refractivity contribution in [1.29, 1.82) is 0 Å². The number of carbonyl (C=O) groups is 2. The number of pyridine rings is 1. The van der Waals surface area contributed by atoms with Crippen molar-refractivity contribution in [2.75, 3.05) is 40.0 Å². The molecule has 2 aliphatic rings. The van der Waals surface area contributed by atoms with Crippen LogP contribution < -0.4 is 35.8 Å². The number of amides is 2. The summed E-state index contributed by atoms with van der Waals surface area (Å²) in [5.74, 6) is -3.22. The third kappa shape index (κ3) is 12.9. The number of ether oxygens (including phenoxy) is 6. The summed E-state index contributed by atoms with van der Waals surface area (Å²) >= 11 is 0. The van der Waals surface area contributed by atoms with Crippen LogP contribution in [0.4, 0.5) is 13.6 Å². The number of carbonyl (C=O) groups excluding carboxylic acids is 2. The van der Waals surface area contributed by atoms with E-state index in [2.05, 4.69) is 10.6 Å². The van der Waals surface area contributed by atoms with Gasteiger partial charge in [0.2, 0.25) is 15.5 Å². The minimum absolute atomic E-state index is 0.00579. The van der Waals surface area contributed by atoms with Crippen LogP contribution in [0, 0.1) is 23.5 Å². The van der Waals surface area contributed by atoms with Gasteiger partial charge in [0.05, 0.1) is 49.8 Å². The first-order chi connectivity index (χ1) is 35.9. The predicted octanol–water partition coefficient (Wildman–Crippen LogP) is 5.83. The molecule has 4 heterocycles. The molecule has 3 N–H and O–H groups in total. The zero-order valence-electron chi connectivity index (χ0n) is 41.8. The summed E-state index contributed by atoms with van der Waals surface area (Å²) < 4.78 is 94.4. The van der Waals surface area contributed by atoms with E-state index in [0.717, 1.165) is 6.07 Å². The van der Waals surface area contributed by atoms with E-state index < -0.39 is 68.7 Å². The first-order valence-corrected chi connectivity index (χ1v) is 25.8. The van der Waals surface area contributed by atoms with E-state index in [0.29, 0.717) is 41.7 Å². The summed E-state index contributed by atoms with van der Waals surface area (Å²) in [6.07, 6.45) is 1.96. The summed E-state index contributed by atoms with van der Waals surface area (Å²) in [7, 11) is -2.64. The largest absolute Gasteiger partial charge is 0.497 e. The number of sulfonamides is 1. The maximum Gasteiger partial charge on any atom is 0.407 e. The van der Waals surface area contributed by atoms with Crippen LogP contribution in [-0.2, 0) is 50.4 Å². The number of methoxy groups -OCH3 is 1. The number of aliphatic hydroxyl groups excluding tert-OH is 1. The van der Waals surface area contributed by atoms with Crippen LogP contribution in [-0.4, -0.2) is 103 Å². The Bertz CT molecular complexity index is 3210. The molecule has 2 fully saturated rings. The van der Waals surface area contributed by atoms with Gasteiger partial charge in [-0.15, -0.1) is 0 Å². The van der Waals surface area contributed by atoms with E-state index >= 15 is 0 Å². The lowest BCUT2D eigenvalue weighted by Gasteiger charge is -2.31. The van der Waals surface area contributed by atoms with Gasteiger partial charge in [-0.25, -0.2) is 22.0 Å². The van der Waals surface area contributed by atoms with Gasteiger partial charge in [-0.05, 0) is 79.3 Å². The van der Waals surface area contributed by atoms with Gasteiger partial charge in [0, 0.05) is 49.9 Å². The number of hydrogen-bond acceptors (Lipinski definition) is 13. The van der Waals surface area contributed by atoms with Gasteiger partial charge in [-0.1, -0.05) is 62.4 Å². The molecule has 0 saturated carbocycles. The summed E-state index contributed by atoms with van der Waals surface area (Å²) in [6, 6.07) is 23.5. The fourth-order valence-electron chi connectivity index (χ4n) is 9.09. The molecule has 398 valence electrons. The lowest BCUT2D eigenvalue weighted by atomic mass is 9.96. The van der Waals surface area contributed by atoms with Gasteiger partial charge in [0.15, 0.2) is 17.1 Å². The Hall–Kier alpha value is -7.17.